The van der Waals surface area contributed by atoms with Crippen molar-refractivity contribution in [1.82, 2.24) is 0 Å². The molecule has 0 aromatic heterocycles. The Labute approximate surface area is 123 Å². The van der Waals surface area contributed by atoms with Crippen molar-refractivity contribution >= 4 is 29.0 Å². The van der Waals surface area contributed by atoms with E-state index >= 15 is 0 Å². The first-order valence-electron chi connectivity index (χ1n) is 5.54. The Bertz CT molecular complexity index is 639. The van der Waals surface area contributed by atoms with E-state index in [-0.39, 0.29) is 15.8 Å². The van der Waals surface area contributed by atoms with Gasteiger partial charge in [-0.05, 0) is 24.3 Å². The minimum absolute atomic E-state index is 0.135. The van der Waals surface area contributed by atoms with Crippen molar-refractivity contribution in [3.05, 3.63) is 63.6 Å². The monoisotopic (exact) mass is 316 g/mol. The molecule has 0 heterocycles. The molecule has 0 unspecified atom stereocenters. The van der Waals surface area contributed by atoms with Gasteiger partial charge < -0.3 is 4.74 Å². The molecule has 0 aliphatic rings. The van der Waals surface area contributed by atoms with E-state index < -0.39 is 29.6 Å². The van der Waals surface area contributed by atoms with Crippen LogP contribution in [0.1, 0.15) is 10.4 Å². The second kappa shape index (κ2) is 6.20. The van der Waals surface area contributed by atoms with Gasteiger partial charge in [0.05, 0.1) is 10.6 Å². The predicted molar refractivity (Wildman–Crippen MR) is 72.6 cm³/mol. The number of rotatable bonds is 4. The first-order chi connectivity index (χ1) is 9.50. The Morgan fingerprint density at radius 3 is 2.30 bits per heavy atom. The SMILES string of the molecule is O=C(COc1cccc(Cl)c1Cl)c1c(F)cccc1F. The van der Waals surface area contributed by atoms with Crippen molar-refractivity contribution in [2.45, 2.75) is 0 Å². The first-order valence-corrected chi connectivity index (χ1v) is 6.30. The third-order valence-corrected chi connectivity index (χ3v) is 3.32. The number of halogens is 4. The third-order valence-electron chi connectivity index (χ3n) is 2.52. The van der Waals surface area contributed by atoms with Gasteiger partial charge in [0.15, 0.2) is 6.61 Å². The van der Waals surface area contributed by atoms with Crippen LogP contribution in [-0.2, 0) is 0 Å². The van der Waals surface area contributed by atoms with Crippen molar-refractivity contribution in [2.24, 2.45) is 0 Å². The number of carbonyl (C=O) groups excluding carboxylic acids is 1. The van der Waals surface area contributed by atoms with E-state index in [0.29, 0.717) is 0 Å². The Morgan fingerprint density at radius 1 is 1.05 bits per heavy atom. The first kappa shape index (κ1) is 14.8. The van der Waals surface area contributed by atoms with Crippen molar-refractivity contribution in [1.29, 1.82) is 0 Å². The van der Waals surface area contributed by atoms with E-state index in [4.69, 9.17) is 27.9 Å². The molecule has 0 aliphatic heterocycles. The fourth-order valence-corrected chi connectivity index (χ4v) is 1.92. The fraction of sp³-hybridized carbons (Fsp3) is 0.0714. The van der Waals surface area contributed by atoms with Crippen LogP contribution < -0.4 is 4.74 Å². The summed E-state index contributed by atoms with van der Waals surface area (Å²) in [6, 6.07) is 7.81. The van der Waals surface area contributed by atoms with E-state index in [2.05, 4.69) is 0 Å². The number of benzene rings is 2. The summed E-state index contributed by atoms with van der Waals surface area (Å²) in [5.41, 5.74) is -0.634. The second-order valence-corrected chi connectivity index (χ2v) is 4.65. The minimum Gasteiger partial charge on any atom is -0.484 e. The molecule has 2 rings (SSSR count). The lowest BCUT2D eigenvalue weighted by Gasteiger charge is -2.09. The zero-order chi connectivity index (χ0) is 14.7. The molecule has 0 amide bonds. The van der Waals surface area contributed by atoms with Crippen LogP contribution in [0.4, 0.5) is 8.78 Å². The number of carbonyl (C=O) groups is 1. The van der Waals surface area contributed by atoms with Crippen molar-refractivity contribution < 1.29 is 18.3 Å². The summed E-state index contributed by atoms with van der Waals surface area (Å²) >= 11 is 11.6. The van der Waals surface area contributed by atoms with E-state index in [1.165, 1.54) is 12.1 Å². The molecule has 2 aromatic carbocycles. The largest absolute Gasteiger partial charge is 0.484 e. The number of ketones is 1. The molecule has 0 radical (unpaired) electrons. The fourth-order valence-electron chi connectivity index (χ4n) is 1.58. The summed E-state index contributed by atoms with van der Waals surface area (Å²) in [4.78, 5) is 11.8. The van der Waals surface area contributed by atoms with Crippen LogP contribution in [0.2, 0.25) is 10.0 Å². The van der Waals surface area contributed by atoms with Crippen molar-refractivity contribution in [2.75, 3.05) is 6.61 Å². The zero-order valence-corrected chi connectivity index (χ0v) is 11.5. The highest BCUT2D eigenvalue weighted by Crippen LogP contribution is 2.31. The maximum Gasteiger partial charge on any atom is 0.206 e. The normalized spacial score (nSPS) is 10.4. The maximum atomic E-state index is 13.4. The Hall–Kier alpha value is -1.65. The van der Waals surface area contributed by atoms with Crippen molar-refractivity contribution in [3.8, 4) is 5.75 Å². The molecule has 0 aliphatic carbocycles. The van der Waals surface area contributed by atoms with Crippen LogP contribution in [-0.4, -0.2) is 12.4 Å². The molecule has 2 aromatic rings. The van der Waals surface area contributed by atoms with Crippen LogP contribution >= 0.6 is 23.2 Å². The Balaban J connectivity index is 2.15. The second-order valence-electron chi connectivity index (χ2n) is 3.86. The average Bonchev–Trinajstić information content (AvgIpc) is 2.40. The molecule has 6 heteroatoms. The quantitative estimate of drug-likeness (QED) is 0.774. The molecule has 0 saturated heterocycles. The summed E-state index contributed by atoms with van der Waals surface area (Å²) in [7, 11) is 0. The van der Waals surface area contributed by atoms with E-state index in [0.717, 1.165) is 12.1 Å². The standard InChI is InChI=1S/C14H8Cl2F2O2/c15-8-3-1-6-12(14(8)16)20-7-11(19)13-9(17)4-2-5-10(13)18/h1-6H,7H2. The van der Waals surface area contributed by atoms with Gasteiger partial charge in [0, 0.05) is 0 Å². The van der Waals surface area contributed by atoms with Crippen LogP contribution in [0.15, 0.2) is 36.4 Å². The Morgan fingerprint density at radius 2 is 1.65 bits per heavy atom. The molecule has 2 nitrogen and oxygen atoms in total. The summed E-state index contributed by atoms with van der Waals surface area (Å²) in [6.45, 7) is -0.544. The lowest BCUT2D eigenvalue weighted by Crippen LogP contribution is -2.15. The molecule has 0 atom stereocenters. The van der Waals surface area contributed by atoms with Gasteiger partial charge in [0.25, 0.3) is 0 Å². The molecule has 20 heavy (non-hydrogen) atoms. The molecule has 0 fully saturated rings. The predicted octanol–water partition coefficient (Wildman–Crippen LogP) is 4.53. The minimum atomic E-state index is -0.934. The summed E-state index contributed by atoms with van der Waals surface area (Å²) in [5.74, 6) is -2.52. The molecule has 0 bridgehead atoms. The van der Waals surface area contributed by atoms with Crippen LogP contribution in [0.5, 0.6) is 5.75 Å². The van der Waals surface area contributed by atoms with Gasteiger partial charge in [-0.2, -0.15) is 0 Å². The molecule has 0 spiro atoms. The number of hydrogen-bond acceptors (Lipinski definition) is 2. The molecular weight excluding hydrogens is 309 g/mol. The lowest BCUT2D eigenvalue weighted by atomic mass is 10.1. The lowest BCUT2D eigenvalue weighted by molar-refractivity contribution is 0.0913. The maximum absolute atomic E-state index is 13.4. The van der Waals surface area contributed by atoms with Gasteiger partial charge in [-0.15, -0.1) is 0 Å². The van der Waals surface area contributed by atoms with E-state index in [1.807, 2.05) is 0 Å². The van der Waals surface area contributed by atoms with Gasteiger partial charge >= 0.3 is 0 Å². The van der Waals surface area contributed by atoms with Crippen LogP contribution in [0, 0.1) is 11.6 Å². The van der Waals surface area contributed by atoms with Crippen LogP contribution in [0.3, 0.4) is 0 Å². The highest BCUT2D eigenvalue weighted by Gasteiger charge is 2.18. The van der Waals surface area contributed by atoms with Gasteiger partial charge in [-0.1, -0.05) is 35.3 Å². The molecule has 104 valence electrons. The molecule has 0 N–H and O–H groups in total. The summed E-state index contributed by atoms with van der Waals surface area (Å²) in [5, 5.41) is 0.393. The highest BCUT2D eigenvalue weighted by atomic mass is 35.5. The van der Waals surface area contributed by atoms with Gasteiger partial charge in [0.2, 0.25) is 5.78 Å². The summed E-state index contributed by atoms with van der Waals surface area (Å²) < 4.78 is 32.0. The van der Waals surface area contributed by atoms with Crippen molar-refractivity contribution in [3.63, 3.8) is 0 Å². The number of hydrogen-bond donors (Lipinski definition) is 0. The van der Waals surface area contributed by atoms with E-state index in [9.17, 15) is 13.6 Å². The van der Waals surface area contributed by atoms with Crippen LogP contribution in [0.25, 0.3) is 0 Å². The zero-order valence-electron chi connectivity index (χ0n) is 10.00. The topological polar surface area (TPSA) is 26.3 Å². The van der Waals surface area contributed by atoms with E-state index in [1.54, 1.807) is 12.1 Å². The van der Waals surface area contributed by atoms with Gasteiger partial charge in [-0.3, -0.25) is 4.79 Å². The third kappa shape index (κ3) is 3.08. The summed E-state index contributed by atoms with van der Waals surface area (Å²) in [6.07, 6.45) is 0. The molecular formula is C14H8Cl2F2O2. The average molecular weight is 317 g/mol. The molecule has 0 saturated carbocycles. The number of ether oxygens (including phenoxy) is 1. The van der Waals surface area contributed by atoms with Gasteiger partial charge in [-0.25, -0.2) is 8.78 Å². The van der Waals surface area contributed by atoms with Gasteiger partial charge in [0.1, 0.15) is 22.4 Å². The smallest absolute Gasteiger partial charge is 0.206 e. The Kier molecular flexibility index (Phi) is 4.57. The highest BCUT2D eigenvalue weighted by molar-refractivity contribution is 6.42. The number of Topliss-reactive ketones (excluding diaryl/α,β-unsaturated/α-hetero) is 1.